The average molecular weight is 580 g/mol. The Labute approximate surface area is 245 Å². The number of benzene rings is 2. The van der Waals surface area contributed by atoms with E-state index in [1.807, 2.05) is 13.0 Å². The van der Waals surface area contributed by atoms with Gasteiger partial charge in [0.25, 0.3) is 0 Å². The van der Waals surface area contributed by atoms with E-state index in [4.69, 9.17) is 33.0 Å². The summed E-state index contributed by atoms with van der Waals surface area (Å²) >= 11 is 6.19. The number of fused-ring (bicyclic) bond motifs is 4. The number of carbonyl (C=O) groups excluding carboxylic acids is 1. The SMILES string of the molecule is COCCNc1ccc2c(c1)NCCCCC[C@H](NC(=O)/C=C/c1cc(Cl)ccc1N(N)/C=N\N)c1nc-2c(C)[nH]1. The minimum atomic E-state index is -0.278. The molecule has 3 aromatic rings. The maximum Gasteiger partial charge on any atom is 0.244 e. The number of amides is 1. The Kier molecular flexibility index (Phi) is 10.6. The summed E-state index contributed by atoms with van der Waals surface area (Å²) in [6.45, 7) is 4.20. The van der Waals surface area contributed by atoms with Crippen molar-refractivity contribution in [3.05, 3.63) is 64.6 Å². The average Bonchev–Trinajstić information content (AvgIpc) is 3.34. The monoisotopic (exact) mass is 579 g/mol. The van der Waals surface area contributed by atoms with Gasteiger partial charge in [-0.1, -0.05) is 24.4 Å². The van der Waals surface area contributed by atoms with Crippen molar-refractivity contribution in [3.8, 4) is 11.3 Å². The molecule has 0 spiro atoms. The Morgan fingerprint density at radius 3 is 2.93 bits per heavy atom. The summed E-state index contributed by atoms with van der Waals surface area (Å²) in [5.74, 6) is 11.7. The lowest BCUT2D eigenvalue weighted by Crippen LogP contribution is -2.30. The fourth-order valence-electron chi connectivity index (χ4n) is 4.78. The van der Waals surface area contributed by atoms with Gasteiger partial charge in [0.05, 0.1) is 24.0 Å². The van der Waals surface area contributed by atoms with Gasteiger partial charge in [0.2, 0.25) is 5.91 Å². The molecule has 2 heterocycles. The molecule has 2 bridgehead atoms. The van der Waals surface area contributed by atoms with E-state index in [9.17, 15) is 4.79 Å². The predicted octanol–water partition coefficient (Wildman–Crippen LogP) is 4.54. The molecule has 1 aliphatic rings. The van der Waals surface area contributed by atoms with E-state index in [-0.39, 0.29) is 11.9 Å². The molecule has 0 fully saturated rings. The molecule has 1 amide bonds. The zero-order chi connectivity index (χ0) is 29.2. The number of ether oxygens (including phenoxy) is 1. The van der Waals surface area contributed by atoms with E-state index >= 15 is 0 Å². The molecular weight excluding hydrogens is 542 g/mol. The van der Waals surface area contributed by atoms with Gasteiger partial charge in [0.1, 0.15) is 12.2 Å². The van der Waals surface area contributed by atoms with Crippen molar-refractivity contribution in [2.75, 3.05) is 42.4 Å². The third-order valence-corrected chi connectivity index (χ3v) is 7.05. The zero-order valence-electron chi connectivity index (χ0n) is 23.4. The van der Waals surface area contributed by atoms with Crippen LogP contribution in [0.3, 0.4) is 0 Å². The van der Waals surface area contributed by atoms with Gasteiger partial charge < -0.3 is 31.5 Å². The Hall–Kier alpha value is -4.06. The van der Waals surface area contributed by atoms with E-state index in [1.165, 1.54) is 17.4 Å². The number of hydrazine groups is 1. The second kappa shape index (κ2) is 14.5. The van der Waals surface area contributed by atoms with Crippen molar-refractivity contribution in [3.63, 3.8) is 0 Å². The summed E-state index contributed by atoms with van der Waals surface area (Å²) in [5.41, 5.74) is 6.07. The number of hydrogen-bond donors (Lipinski definition) is 6. The maximum absolute atomic E-state index is 13.1. The number of nitrogens with two attached hydrogens (primary N) is 2. The van der Waals surface area contributed by atoms with Crippen LogP contribution >= 0.6 is 11.6 Å². The topological polar surface area (TPSA) is 159 Å². The fourth-order valence-corrected chi connectivity index (χ4v) is 4.96. The minimum Gasteiger partial charge on any atom is -0.384 e. The Balaban J connectivity index is 1.57. The summed E-state index contributed by atoms with van der Waals surface area (Å²) in [5, 5.41) is 15.4. The molecule has 1 aromatic heterocycles. The first-order chi connectivity index (χ1) is 19.9. The molecule has 218 valence electrons. The molecule has 0 unspecified atom stereocenters. The predicted molar refractivity (Wildman–Crippen MR) is 167 cm³/mol. The van der Waals surface area contributed by atoms with Crippen LogP contribution in [0.1, 0.15) is 48.8 Å². The van der Waals surface area contributed by atoms with Crippen LogP contribution in [0, 0.1) is 6.92 Å². The second-order valence-electron chi connectivity index (χ2n) is 9.82. The maximum atomic E-state index is 13.1. The van der Waals surface area contributed by atoms with Crippen molar-refractivity contribution in [2.24, 2.45) is 16.8 Å². The molecule has 1 aliphatic heterocycles. The lowest BCUT2D eigenvalue weighted by Gasteiger charge is -2.18. The molecule has 0 saturated carbocycles. The van der Waals surface area contributed by atoms with Crippen LogP contribution in [0.5, 0.6) is 0 Å². The number of hydrazone groups is 1. The number of hydrogen-bond acceptors (Lipinski definition) is 8. The van der Waals surface area contributed by atoms with Gasteiger partial charge in [-0.2, -0.15) is 5.10 Å². The lowest BCUT2D eigenvalue weighted by atomic mass is 10.0. The van der Waals surface area contributed by atoms with E-state index in [0.717, 1.165) is 72.9 Å². The highest BCUT2D eigenvalue weighted by Gasteiger charge is 2.21. The molecule has 1 atom stereocenters. The number of aromatic amines is 1. The summed E-state index contributed by atoms with van der Waals surface area (Å²) < 4.78 is 5.16. The van der Waals surface area contributed by atoms with E-state index in [2.05, 4.69) is 38.2 Å². The second-order valence-corrected chi connectivity index (χ2v) is 10.3. The number of imidazole rings is 1. The third kappa shape index (κ3) is 8.00. The van der Waals surface area contributed by atoms with Crippen molar-refractivity contribution < 1.29 is 9.53 Å². The smallest absolute Gasteiger partial charge is 0.244 e. The number of aromatic nitrogens is 2. The molecule has 12 heteroatoms. The zero-order valence-corrected chi connectivity index (χ0v) is 24.2. The fraction of sp³-hybridized carbons (Fsp3) is 0.345. The van der Waals surface area contributed by atoms with Gasteiger partial charge in [0, 0.05) is 59.5 Å². The van der Waals surface area contributed by atoms with Crippen LogP contribution in [0.2, 0.25) is 5.02 Å². The molecule has 0 radical (unpaired) electrons. The highest BCUT2D eigenvalue weighted by molar-refractivity contribution is 6.30. The first kappa shape index (κ1) is 29.9. The van der Waals surface area contributed by atoms with E-state index in [0.29, 0.717) is 22.9 Å². The molecule has 41 heavy (non-hydrogen) atoms. The Morgan fingerprint density at radius 2 is 2.12 bits per heavy atom. The number of anilines is 3. The highest BCUT2D eigenvalue weighted by Crippen LogP contribution is 2.34. The van der Waals surface area contributed by atoms with Crippen molar-refractivity contribution in [1.29, 1.82) is 0 Å². The molecule has 11 nitrogen and oxygen atoms in total. The normalized spacial score (nSPS) is 15.6. The molecule has 0 aliphatic carbocycles. The number of halogens is 1. The molecule has 8 N–H and O–H groups in total. The number of H-pyrrole nitrogens is 1. The Morgan fingerprint density at radius 1 is 1.27 bits per heavy atom. The third-order valence-electron chi connectivity index (χ3n) is 6.82. The van der Waals surface area contributed by atoms with Crippen LogP contribution in [0.15, 0.2) is 47.6 Å². The highest BCUT2D eigenvalue weighted by atomic mass is 35.5. The Bertz CT molecular complexity index is 1390. The van der Waals surface area contributed by atoms with Crippen molar-refractivity contribution in [1.82, 2.24) is 15.3 Å². The standard InChI is InChI=1S/C29H38ClN9O2/c1-19-28-23-10-9-22(33-14-15-41-2)17-25(23)34-13-5-3-4-6-24(29(36-19)38-28)37-27(40)12-7-20-16-21(30)8-11-26(20)39(32)18-35-31/h7-12,16-18,24,33-34H,3-6,13-15,31-32H2,1-2H3,(H,36,38)(H,37,40)/b12-7+,35-18-/t24-/m0/s1. The lowest BCUT2D eigenvalue weighted by molar-refractivity contribution is -0.117. The van der Waals surface area contributed by atoms with Crippen LogP contribution in [0.4, 0.5) is 17.1 Å². The molecule has 4 rings (SSSR count). The quantitative estimate of drug-likeness (QED) is 0.0538. The van der Waals surface area contributed by atoms with Gasteiger partial charge in [0.15, 0.2) is 0 Å². The van der Waals surface area contributed by atoms with Crippen LogP contribution in [0.25, 0.3) is 17.3 Å². The summed E-state index contributed by atoms with van der Waals surface area (Å²) in [7, 11) is 1.69. The number of rotatable bonds is 9. The summed E-state index contributed by atoms with van der Waals surface area (Å²) in [4.78, 5) is 21.5. The largest absolute Gasteiger partial charge is 0.384 e. The molecular formula is C29H38ClN9O2. The number of carbonyl (C=O) groups is 1. The van der Waals surface area contributed by atoms with E-state index in [1.54, 1.807) is 31.4 Å². The first-order valence-electron chi connectivity index (χ1n) is 13.6. The van der Waals surface area contributed by atoms with Gasteiger partial charge >= 0.3 is 0 Å². The summed E-state index contributed by atoms with van der Waals surface area (Å²) in [6, 6.07) is 11.1. The first-order valence-corrected chi connectivity index (χ1v) is 14.0. The van der Waals surface area contributed by atoms with Gasteiger partial charge in [-0.3, -0.25) is 9.80 Å². The van der Waals surface area contributed by atoms with Gasteiger partial charge in [-0.25, -0.2) is 10.8 Å². The van der Waals surface area contributed by atoms with Crippen LogP contribution in [-0.2, 0) is 9.53 Å². The van der Waals surface area contributed by atoms with Crippen molar-refractivity contribution >= 4 is 47.0 Å². The summed E-state index contributed by atoms with van der Waals surface area (Å²) in [6.07, 6.45) is 8.13. The number of methoxy groups -OCH3 is 1. The van der Waals surface area contributed by atoms with E-state index < -0.39 is 0 Å². The van der Waals surface area contributed by atoms with Crippen LogP contribution < -0.4 is 32.6 Å². The molecule has 0 saturated heterocycles. The number of aryl methyl sites for hydroxylation is 1. The van der Waals surface area contributed by atoms with Crippen molar-refractivity contribution in [2.45, 2.75) is 38.6 Å². The van der Waals surface area contributed by atoms with Crippen LogP contribution in [-0.4, -0.2) is 49.0 Å². The number of nitrogens with one attached hydrogen (secondary N) is 4. The molecule has 2 aromatic carbocycles. The number of nitrogens with zero attached hydrogens (tertiary/aromatic N) is 3. The minimum absolute atomic E-state index is 0.256. The van der Waals surface area contributed by atoms with Gasteiger partial charge in [-0.15, -0.1) is 0 Å². The van der Waals surface area contributed by atoms with Gasteiger partial charge in [-0.05, 0) is 62.2 Å².